The van der Waals surface area contributed by atoms with Gasteiger partial charge in [0.15, 0.2) is 0 Å². The first-order valence-electron chi connectivity index (χ1n) is 28.5. The second-order valence-electron chi connectivity index (χ2n) is 21.0. The van der Waals surface area contributed by atoms with Crippen molar-refractivity contribution in [3.8, 4) is 0 Å². The van der Waals surface area contributed by atoms with E-state index in [1.165, 1.54) is 89.9 Å². The molecule has 2 N–H and O–H groups in total. The molecule has 3 rings (SSSR count). The Balaban J connectivity index is 1.78. The smallest absolute Gasteiger partial charge is 0.408 e. The van der Waals surface area contributed by atoms with Gasteiger partial charge in [-0.05, 0) is 89.1 Å². The Labute approximate surface area is 446 Å². The van der Waals surface area contributed by atoms with Gasteiger partial charge in [-0.15, -0.1) is 0 Å². The molecule has 2 amide bonds. The summed E-state index contributed by atoms with van der Waals surface area (Å²) in [5.41, 5.74) is 1.65. The Morgan fingerprint density at radius 3 is 1.18 bits per heavy atom. The van der Waals surface area contributed by atoms with E-state index < -0.39 is 47.7 Å². The second-order valence-corrected chi connectivity index (χ2v) is 21.0. The van der Waals surface area contributed by atoms with Crippen molar-refractivity contribution < 1.29 is 42.9 Å². The number of ether oxygens (including phenoxy) is 4. The zero-order chi connectivity index (χ0) is 53.5. The Kier molecular flexibility index (Phi) is 33.4. The molecule has 2 unspecified atom stereocenters. The standard InChI is InChI=1S/C62H95N3O9/c1-6-8-10-12-14-16-18-20-22-33-46-65(47-34-23-21-19-17-15-13-11-9-7-2)56(60(69)73-50-53-40-31-26-32-41-53)44-45-57(66)63-54(58(67)71-48-51-36-27-24-28-37-51)42-35-43-55(64-61(70)74-62(3,4)5)59(68)72-49-52-38-29-25-30-39-52/h24-32,36-41,54-56H,6-23,33-35,42-50H2,1-5H3,(H,63,66)(H,64,70)/t54?,55?,56-/m1/s1. The lowest BCUT2D eigenvalue weighted by molar-refractivity contribution is -0.153. The van der Waals surface area contributed by atoms with Crippen LogP contribution in [0.1, 0.15) is 212 Å². The number of esters is 3. The predicted octanol–water partition coefficient (Wildman–Crippen LogP) is 14.1. The molecule has 0 aliphatic carbocycles. The summed E-state index contributed by atoms with van der Waals surface area (Å²) in [6, 6.07) is 25.3. The fraction of sp³-hybridized carbons (Fsp3) is 0.629. The minimum Gasteiger partial charge on any atom is -0.460 e. The number of carbonyl (C=O) groups excluding carboxylic acids is 5. The third-order valence-electron chi connectivity index (χ3n) is 13.2. The lowest BCUT2D eigenvalue weighted by atomic mass is 10.0. The van der Waals surface area contributed by atoms with Crippen molar-refractivity contribution in [1.29, 1.82) is 0 Å². The highest BCUT2D eigenvalue weighted by Gasteiger charge is 2.31. The molecule has 0 aromatic heterocycles. The number of alkyl carbamates (subject to hydrolysis) is 1. The van der Waals surface area contributed by atoms with E-state index in [9.17, 15) is 24.0 Å². The molecule has 3 aromatic carbocycles. The average molecular weight is 1030 g/mol. The van der Waals surface area contributed by atoms with Gasteiger partial charge in [0.1, 0.15) is 43.5 Å². The molecular formula is C62H95N3O9. The van der Waals surface area contributed by atoms with Crippen LogP contribution >= 0.6 is 0 Å². The molecule has 0 spiro atoms. The zero-order valence-corrected chi connectivity index (χ0v) is 46.2. The van der Waals surface area contributed by atoms with Crippen LogP contribution < -0.4 is 10.6 Å². The number of carbonyl (C=O) groups is 5. The van der Waals surface area contributed by atoms with Crippen molar-refractivity contribution in [2.45, 2.75) is 239 Å². The van der Waals surface area contributed by atoms with Crippen LogP contribution in [-0.2, 0) is 57.9 Å². The fourth-order valence-corrected chi connectivity index (χ4v) is 8.97. The van der Waals surface area contributed by atoms with E-state index >= 15 is 0 Å². The summed E-state index contributed by atoms with van der Waals surface area (Å²) in [5.74, 6) is -2.05. The first-order valence-corrected chi connectivity index (χ1v) is 28.5. The molecule has 3 atom stereocenters. The van der Waals surface area contributed by atoms with E-state index in [1.807, 2.05) is 91.0 Å². The summed E-state index contributed by atoms with van der Waals surface area (Å²) in [6.45, 7) is 11.3. The third-order valence-corrected chi connectivity index (χ3v) is 13.2. The van der Waals surface area contributed by atoms with E-state index in [4.69, 9.17) is 18.9 Å². The van der Waals surface area contributed by atoms with Crippen LogP contribution in [0.25, 0.3) is 0 Å². The SMILES string of the molecule is CCCCCCCCCCCCN(CCCCCCCCCCCC)[C@H](CCC(=O)NC(CCCC(NC(=O)OC(C)(C)C)C(=O)OCc1ccccc1)C(=O)OCc1ccccc1)C(=O)OCc1ccccc1. The Morgan fingerprint density at radius 1 is 0.446 bits per heavy atom. The number of unbranched alkanes of at least 4 members (excludes halogenated alkanes) is 18. The highest BCUT2D eigenvalue weighted by atomic mass is 16.6. The Morgan fingerprint density at radius 2 is 0.797 bits per heavy atom. The Hall–Kier alpha value is -5.23. The van der Waals surface area contributed by atoms with Gasteiger partial charge in [-0.1, -0.05) is 220 Å². The van der Waals surface area contributed by atoms with E-state index in [-0.39, 0.29) is 57.9 Å². The van der Waals surface area contributed by atoms with Gasteiger partial charge in [-0.3, -0.25) is 14.5 Å². The first-order chi connectivity index (χ1) is 35.9. The summed E-state index contributed by atoms with van der Waals surface area (Å²) in [7, 11) is 0. The molecule has 0 aliphatic heterocycles. The summed E-state index contributed by atoms with van der Waals surface area (Å²) in [5, 5.41) is 5.59. The number of hydrogen-bond acceptors (Lipinski definition) is 10. The molecule has 74 heavy (non-hydrogen) atoms. The van der Waals surface area contributed by atoms with Gasteiger partial charge < -0.3 is 29.6 Å². The van der Waals surface area contributed by atoms with E-state index in [0.717, 1.165) is 68.3 Å². The molecule has 0 fully saturated rings. The van der Waals surface area contributed by atoms with Gasteiger partial charge in [0.2, 0.25) is 5.91 Å². The topological polar surface area (TPSA) is 150 Å². The van der Waals surface area contributed by atoms with Crippen molar-refractivity contribution in [3.63, 3.8) is 0 Å². The number of benzene rings is 3. The molecule has 0 radical (unpaired) electrons. The highest BCUT2D eigenvalue weighted by Crippen LogP contribution is 2.19. The molecule has 0 saturated carbocycles. The minimum absolute atomic E-state index is 0.00286. The summed E-state index contributed by atoms with van der Waals surface area (Å²) in [4.78, 5) is 70.9. The quantitative estimate of drug-likeness (QED) is 0.0319. The first kappa shape index (κ1) is 63.1. The number of hydrogen-bond donors (Lipinski definition) is 2. The lowest BCUT2D eigenvalue weighted by Crippen LogP contribution is -2.46. The number of nitrogens with zero attached hydrogens (tertiary/aromatic N) is 1. The highest BCUT2D eigenvalue weighted by molar-refractivity contribution is 5.85. The second kappa shape index (κ2) is 39.2. The van der Waals surface area contributed by atoms with E-state index in [1.54, 1.807) is 20.8 Å². The molecule has 0 saturated heterocycles. The van der Waals surface area contributed by atoms with Crippen molar-refractivity contribution in [1.82, 2.24) is 15.5 Å². The normalized spacial score (nSPS) is 12.6. The lowest BCUT2D eigenvalue weighted by Gasteiger charge is -2.30. The van der Waals surface area contributed by atoms with Crippen LogP contribution in [0.15, 0.2) is 91.0 Å². The maximum atomic E-state index is 14.3. The van der Waals surface area contributed by atoms with Gasteiger partial charge in [0, 0.05) is 6.42 Å². The van der Waals surface area contributed by atoms with Crippen LogP contribution in [-0.4, -0.2) is 71.6 Å². The van der Waals surface area contributed by atoms with Crippen molar-refractivity contribution >= 4 is 29.9 Å². The van der Waals surface area contributed by atoms with Gasteiger partial charge in [-0.25, -0.2) is 14.4 Å². The predicted molar refractivity (Wildman–Crippen MR) is 296 cm³/mol. The fourth-order valence-electron chi connectivity index (χ4n) is 8.97. The van der Waals surface area contributed by atoms with Crippen LogP contribution in [0.2, 0.25) is 0 Å². The summed E-state index contributed by atoms with van der Waals surface area (Å²) >= 11 is 0. The molecule has 0 bridgehead atoms. The van der Waals surface area contributed by atoms with Gasteiger partial charge in [0.05, 0.1) is 0 Å². The molecule has 412 valence electrons. The van der Waals surface area contributed by atoms with Crippen LogP contribution in [0.3, 0.4) is 0 Å². The van der Waals surface area contributed by atoms with Gasteiger partial charge in [-0.2, -0.15) is 0 Å². The molecule has 0 heterocycles. The third kappa shape index (κ3) is 30.2. The van der Waals surface area contributed by atoms with Crippen LogP contribution in [0.4, 0.5) is 4.79 Å². The summed E-state index contributed by atoms with van der Waals surface area (Å²) < 4.78 is 22.9. The van der Waals surface area contributed by atoms with Gasteiger partial charge in [0.25, 0.3) is 0 Å². The molecule has 0 aliphatic rings. The average Bonchev–Trinajstić information content (AvgIpc) is 3.39. The maximum absolute atomic E-state index is 14.3. The molecule has 12 heteroatoms. The summed E-state index contributed by atoms with van der Waals surface area (Å²) in [6.07, 6.45) is 24.0. The van der Waals surface area contributed by atoms with Crippen LogP contribution in [0, 0.1) is 0 Å². The van der Waals surface area contributed by atoms with E-state index in [2.05, 4.69) is 29.4 Å². The van der Waals surface area contributed by atoms with Crippen molar-refractivity contribution in [2.75, 3.05) is 13.1 Å². The Bertz CT molecular complexity index is 1920. The van der Waals surface area contributed by atoms with Gasteiger partial charge >= 0.3 is 24.0 Å². The number of amides is 2. The molecular weight excluding hydrogens is 931 g/mol. The van der Waals surface area contributed by atoms with Crippen LogP contribution in [0.5, 0.6) is 0 Å². The van der Waals surface area contributed by atoms with Crippen molar-refractivity contribution in [3.05, 3.63) is 108 Å². The van der Waals surface area contributed by atoms with E-state index in [0.29, 0.717) is 0 Å². The zero-order valence-electron chi connectivity index (χ0n) is 46.2. The largest absolute Gasteiger partial charge is 0.460 e. The van der Waals surface area contributed by atoms with Crippen molar-refractivity contribution in [2.24, 2.45) is 0 Å². The number of rotatable bonds is 41. The maximum Gasteiger partial charge on any atom is 0.408 e. The minimum atomic E-state index is -1.09. The molecule has 12 nitrogen and oxygen atoms in total. The number of nitrogens with one attached hydrogen (secondary N) is 2. The molecule has 3 aromatic rings. The monoisotopic (exact) mass is 1030 g/mol.